The molecule has 1 saturated carbocycles. The van der Waals surface area contributed by atoms with Crippen LogP contribution in [0, 0.1) is 5.92 Å². The third-order valence-electron chi connectivity index (χ3n) is 3.50. The van der Waals surface area contributed by atoms with Crippen LogP contribution in [0.15, 0.2) is 20.3 Å². The first-order chi connectivity index (χ1) is 8.18. The van der Waals surface area contributed by atoms with Gasteiger partial charge >= 0.3 is 5.69 Å². The lowest BCUT2D eigenvalue weighted by atomic mass is 9.87. The predicted molar refractivity (Wildman–Crippen MR) is 70.2 cm³/mol. The molecule has 0 saturated heterocycles. The second-order valence-electron chi connectivity index (χ2n) is 4.69. The highest BCUT2D eigenvalue weighted by molar-refractivity contribution is 9.10. The summed E-state index contributed by atoms with van der Waals surface area (Å²) in [4.78, 5) is 25.9. The summed E-state index contributed by atoms with van der Waals surface area (Å²) in [5, 5.41) is 0. The molecule has 94 valence electrons. The number of hydrogen-bond acceptors (Lipinski definition) is 2. The highest BCUT2D eigenvalue weighted by Crippen LogP contribution is 2.26. The maximum absolute atomic E-state index is 11.8. The highest BCUT2D eigenvalue weighted by Gasteiger charge is 2.14. The van der Waals surface area contributed by atoms with Gasteiger partial charge in [-0.1, -0.05) is 32.1 Å². The van der Waals surface area contributed by atoms with Crippen molar-refractivity contribution in [2.45, 2.75) is 45.1 Å². The van der Waals surface area contributed by atoms with Gasteiger partial charge in [-0.25, -0.2) is 4.79 Å². The van der Waals surface area contributed by atoms with Gasteiger partial charge in [-0.2, -0.15) is 0 Å². The van der Waals surface area contributed by atoms with Crippen LogP contribution in [-0.4, -0.2) is 9.55 Å². The average molecular weight is 301 g/mol. The average Bonchev–Trinajstić information content (AvgIpc) is 2.35. The van der Waals surface area contributed by atoms with Gasteiger partial charge in [-0.15, -0.1) is 0 Å². The Kier molecular flexibility index (Phi) is 4.20. The minimum absolute atomic E-state index is 0.232. The first-order valence-corrected chi connectivity index (χ1v) is 6.96. The molecule has 0 unspecified atom stereocenters. The van der Waals surface area contributed by atoms with E-state index in [1.54, 1.807) is 0 Å². The number of aromatic nitrogens is 2. The number of rotatable bonds is 3. The normalized spacial score (nSPS) is 17.2. The Hall–Kier alpha value is -0.840. The molecule has 1 aromatic heterocycles. The molecule has 0 amide bonds. The molecule has 1 fully saturated rings. The number of nitrogens with zero attached hydrogens (tertiary/aromatic N) is 1. The molecule has 4 nitrogen and oxygen atoms in total. The van der Waals surface area contributed by atoms with E-state index in [4.69, 9.17) is 0 Å². The van der Waals surface area contributed by atoms with Crippen LogP contribution in [0.1, 0.15) is 38.5 Å². The summed E-state index contributed by atoms with van der Waals surface area (Å²) in [5.41, 5.74) is -0.543. The van der Waals surface area contributed by atoms with E-state index in [1.807, 2.05) is 0 Å². The van der Waals surface area contributed by atoms with E-state index < -0.39 is 0 Å². The van der Waals surface area contributed by atoms with Gasteiger partial charge < -0.3 is 4.98 Å². The molecule has 0 spiro atoms. The van der Waals surface area contributed by atoms with E-state index in [-0.39, 0.29) is 11.2 Å². The lowest BCUT2D eigenvalue weighted by molar-refractivity contribution is 0.320. The van der Waals surface area contributed by atoms with Gasteiger partial charge in [-0.05, 0) is 28.3 Å². The van der Waals surface area contributed by atoms with Gasteiger partial charge in [0.25, 0.3) is 5.56 Å². The first-order valence-electron chi connectivity index (χ1n) is 6.16. The van der Waals surface area contributed by atoms with Crippen LogP contribution in [0.25, 0.3) is 0 Å². The number of hydrogen-bond donors (Lipinski definition) is 1. The quantitative estimate of drug-likeness (QED) is 0.931. The van der Waals surface area contributed by atoms with Gasteiger partial charge in [0, 0.05) is 12.7 Å². The van der Waals surface area contributed by atoms with Crippen molar-refractivity contribution in [3.63, 3.8) is 0 Å². The number of nitrogens with one attached hydrogen (secondary N) is 1. The smallest absolute Gasteiger partial charge is 0.313 e. The molecule has 1 N–H and O–H groups in total. The molecular weight excluding hydrogens is 284 g/mol. The third-order valence-corrected chi connectivity index (χ3v) is 4.07. The minimum Gasteiger partial charge on any atom is -0.313 e. The van der Waals surface area contributed by atoms with Crippen molar-refractivity contribution in [3.8, 4) is 0 Å². The summed E-state index contributed by atoms with van der Waals surface area (Å²) >= 11 is 3.14. The molecule has 5 heteroatoms. The Bertz CT molecular complexity index is 486. The zero-order valence-corrected chi connectivity index (χ0v) is 11.3. The Morgan fingerprint density at radius 2 is 2.00 bits per heavy atom. The molecule has 1 aromatic rings. The van der Waals surface area contributed by atoms with E-state index in [9.17, 15) is 9.59 Å². The zero-order chi connectivity index (χ0) is 12.3. The molecule has 0 bridgehead atoms. The van der Waals surface area contributed by atoms with E-state index in [0.29, 0.717) is 16.9 Å². The predicted octanol–water partition coefficient (Wildman–Crippen LogP) is 2.27. The minimum atomic E-state index is -0.311. The lowest BCUT2D eigenvalue weighted by Crippen LogP contribution is -2.35. The monoisotopic (exact) mass is 300 g/mol. The third kappa shape index (κ3) is 3.09. The van der Waals surface area contributed by atoms with E-state index in [0.717, 1.165) is 6.42 Å². The molecule has 0 aliphatic heterocycles. The fourth-order valence-corrected chi connectivity index (χ4v) is 2.80. The first kappa shape index (κ1) is 12.6. The maximum Gasteiger partial charge on any atom is 0.328 e. The molecule has 1 aliphatic carbocycles. The fraction of sp³-hybridized carbons (Fsp3) is 0.667. The van der Waals surface area contributed by atoms with Crippen LogP contribution >= 0.6 is 15.9 Å². The lowest BCUT2D eigenvalue weighted by Gasteiger charge is -2.21. The Balaban J connectivity index is 2.06. The summed E-state index contributed by atoms with van der Waals surface area (Å²) in [5.74, 6) is 0.675. The Morgan fingerprint density at radius 3 is 2.71 bits per heavy atom. The van der Waals surface area contributed by atoms with Crippen molar-refractivity contribution >= 4 is 15.9 Å². The SMILES string of the molecule is O=c1[nH]cc(Br)c(=O)n1CCC1CCCCC1. The number of halogens is 1. The molecule has 17 heavy (non-hydrogen) atoms. The fourth-order valence-electron chi connectivity index (χ4n) is 2.48. The van der Waals surface area contributed by atoms with Crippen molar-refractivity contribution in [1.82, 2.24) is 9.55 Å². The molecule has 0 atom stereocenters. The summed E-state index contributed by atoms with van der Waals surface area (Å²) in [6.07, 6.45) is 8.71. The maximum atomic E-state index is 11.8. The van der Waals surface area contributed by atoms with Crippen LogP contribution in [-0.2, 0) is 6.54 Å². The zero-order valence-electron chi connectivity index (χ0n) is 9.75. The molecule has 2 rings (SSSR count). The van der Waals surface area contributed by atoms with Crippen LogP contribution in [0.2, 0.25) is 0 Å². The standard InChI is InChI=1S/C12H17BrN2O2/c13-10-8-14-12(17)15(11(10)16)7-6-9-4-2-1-3-5-9/h8-9H,1-7H2,(H,14,17). The summed E-state index contributed by atoms with van der Waals surface area (Å²) < 4.78 is 1.71. The van der Waals surface area contributed by atoms with Gasteiger partial charge in [0.1, 0.15) is 0 Å². The molecular formula is C12H17BrN2O2. The largest absolute Gasteiger partial charge is 0.328 e. The second-order valence-corrected chi connectivity index (χ2v) is 5.55. The number of H-pyrrole nitrogens is 1. The highest BCUT2D eigenvalue weighted by atomic mass is 79.9. The van der Waals surface area contributed by atoms with E-state index in [1.165, 1.54) is 42.9 Å². The molecule has 1 aliphatic rings. The van der Waals surface area contributed by atoms with Crippen molar-refractivity contribution in [2.24, 2.45) is 5.92 Å². The second kappa shape index (κ2) is 5.67. The van der Waals surface area contributed by atoms with Gasteiger partial charge in [0.05, 0.1) is 4.47 Å². The van der Waals surface area contributed by atoms with Crippen molar-refractivity contribution < 1.29 is 0 Å². The van der Waals surface area contributed by atoms with E-state index in [2.05, 4.69) is 20.9 Å². The van der Waals surface area contributed by atoms with Gasteiger partial charge in [0.2, 0.25) is 0 Å². The van der Waals surface area contributed by atoms with Crippen LogP contribution in [0.4, 0.5) is 0 Å². The van der Waals surface area contributed by atoms with Gasteiger partial charge in [0.15, 0.2) is 0 Å². The molecule has 1 heterocycles. The van der Waals surface area contributed by atoms with Gasteiger partial charge in [-0.3, -0.25) is 9.36 Å². The summed E-state index contributed by atoms with van der Waals surface area (Å²) in [7, 11) is 0. The summed E-state index contributed by atoms with van der Waals surface area (Å²) in [6, 6.07) is 0. The molecule has 0 radical (unpaired) electrons. The Labute approximate surface area is 108 Å². The van der Waals surface area contributed by atoms with E-state index >= 15 is 0 Å². The Morgan fingerprint density at radius 1 is 1.29 bits per heavy atom. The van der Waals surface area contributed by atoms with Crippen LogP contribution in [0.3, 0.4) is 0 Å². The van der Waals surface area contributed by atoms with Crippen LogP contribution < -0.4 is 11.2 Å². The summed E-state index contributed by atoms with van der Waals surface area (Å²) in [6.45, 7) is 0.526. The van der Waals surface area contributed by atoms with Crippen molar-refractivity contribution in [3.05, 3.63) is 31.5 Å². The topological polar surface area (TPSA) is 54.9 Å². The van der Waals surface area contributed by atoms with Crippen molar-refractivity contribution in [1.29, 1.82) is 0 Å². The van der Waals surface area contributed by atoms with Crippen LogP contribution in [0.5, 0.6) is 0 Å². The molecule has 0 aromatic carbocycles. The van der Waals surface area contributed by atoms with Crippen molar-refractivity contribution in [2.75, 3.05) is 0 Å². The number of aromatic amines is 1.